The third kappa shape index (κ3) is 3.61. The van der Waals surface area contributed by atoms with Crippen molar-refractivity contribution in [2.45, 2.75) is 12.8 Å². The molecule has 0 fully saturated rings. The first-order valence-electron chi connectivity index (χ1n) is 4.75. The average molecular weight is 189 g/mol. The second-order valence-electron chi connectivity index (χ2n) is 3.01. The van der Waals surface area contributed by atoms with Crippen LogP contribution in [0.2, 0.25) is 0 Å². The van der Waals surface area contributed by atoms with Gasteiger partial charge in [-0.05, 0) is 24.1 Å². The Morgan fingerprint density at radius 1 is 1.21 bits per heavy atom. The fraction of sp³-hybridized carbons (Fsp3) is 0.333. The Bertz CT molecular complexity index is 318. The summed E-state index contributed by atoms with van der Waals surface area (Å²) in [5.41, 5.74) is 7.46. The van der Waals surface area contributed by atoms with E-state index >= 15 is 0 Å². The molecule has 74 valence electrons. The molecule has 0 unspecified atom stereocenters. The molecule has 2 nitrogen and oxygen atoms in total. The van der Waals surface area contributed by atoms with Gasteiger partial charge >= 0.3 is 0 Å². The van der Waals surface area contributed by atoms with Crippen LogP contribution in [0.3, 0.4) is 0 Å². The maximum Gasteiger partial charge on any atom is 0.0471 e. The molecule has 0 aromatic heterocycles. The zero-order chi connectivity index (χ0) is 10.2. The van der Waals surface area contributed by atoms with Crippen LogP contribution < -0.4 is 5.73 Å². The van der Waals surface area contributed by atoms with Crippen molar-refractivity contribution in [2.24, 2.45) is 5.73 Å². The molecule has 0 amide bonds. The van der Waals surface area contributed by atoms with Crippen LogP contribution in [-0.4, -0.2) is 18.3 Å². The second kappa shape index (κ2) is 6.20. The van der Waals surface area contributed by atoms with E-state index in [2.05, 4.69) is 11.8 Å². The summed E-state index contributed by atoms with van der Waals surface area (Å²) in [4.78, 5) is 0. The van der Waals surface area contributed by atoms with E-state index in [9.17, 15) is 0 Å². The lowest BCUT2D eigenvalue weighted by molar-refractivity contribution is 0.299. The lowest BCUT2D eigenvalue weighted by Gasteiger charge is -1.97. The molecule has 0 spiro atoms. The SMILES string of the molecule is NCCC#Cc1ccc(CCO)cc1. The highest BCUT2D eigenvalue weighted by molar-refractivity contribution is 5.36. The average Bonchev–Trinajstić information content (AvgIpc) is 2.21. The number of nitrogens with two attached hydrogens (primary N) is 1. The Kier molecular flexibility index (Phi) is 4.77. The van der Waals surface area contributed by atoms with Crippen LogP contribution >= 0.6 is 0 Å². The number of rotatable bonds is 3. The maximum absolute atomic E-state index is 8.72. The number of hydrogen-bond acceptors (Lipinski definition) is 2. The molecule has 0 aliphatic rings. The molecule has 2 heteroatoms. The minimum Gasteiger partial charge on any atom is -0.396 e. The molecule has 1 rings (SSSR count). The Labute approximate surface area is 84.8 Å². The summed E-state index contributed by atoms with van der Waals surface area (Å²) >= 11 is 0. The molecule has 1 aromatic rings. The van der Waals surface area contributed by atoms with E-state index in [0.717, 1.165) is 17.5 Å². The molecule has 14 heavy (non-hydrogen) atoms. The van der Waals surface area contributed by atoms with Crippen LogP contribution in [0.25, 0.3) is 0 Å². The second-order valence-corrected chi connectivity index (χ2v) is 3.01. The monoisotopic (exact) mass is 189 g/mol. The number of hydrogen-bond donors (Lipinski definition) is 2. The molecule has 3 N–H and O–H groups in total. The number of aliphatic hydroxyl groups is 1. The van der Waals surface area contributed by atoms with E-state index in [1.54, 1.807) is 0 Å². The van der Waals surface area contributed by atoms with Crippen LogP contribution in [-0.2, 0) is 6.42 Å². The van der Waals surface area contributed by atoms with Crippen molar-refractivity contribution in [1.82, 2.24) is 0 Å². The van der Waals surface area contributed by atoms with Gasteiger partial charge in [0.05, 0.1) is 0 Å². The minimum absolute atomic E-state index is 0.193. The van der Waals surface area contributed by atoms with Gasteiger partial charge < -0.3 is 10.8 Å². The minimum atomic E-state index is 0.193. The van der Waals surface area contributed by atoms with Crippen molar-refractivity contribution in [3.8, 4) is 11.8 Å². The smallest absolute Gasteiger partial charge is 0.0471 e. The highest BCUT2D eigenvalue weighted by Crippen LogP contribution is 2.03. The van der Waals surface area contributed by atoms with Gasteiger partial charge in [-0.2, -0.15) is 0 Å². The van der Waals surface area contributed by atoms with Gasteiger partial charge in [-0.1, -0.05) is 24.0 Å². The summed E-state index contributed by atoms with van der Waals surface area (Å²) in [6.07, 6.45) is 1.44. The third-order valence-electron chi connectivity index (χ3n) is 1.86. The van der Waals surface area contributed by atoms with E-state index < -0.39 is 0 Å². The summed E-state index contributed by atoms with van der Waals surface area (Å²) in [6.45, 7) is 0.799. The Balaban J connectivity index is 2.60. The van der Waals surface area contributed by atoms with Crippen LogP contribution in [0, 0.1) is 11.8 Å². The van der Waals surface area contributed by atoms with Gasteiger partial charge in [0, 0.05) is 25.1 Å². The first-order valence-corrected chi connectivity index (χ1v) is 4.75. The molecule has 0 aliphatic carbocycles. The van der Waals surface area contributed by atoms with Gasteiger partial charge in [0.1, 0.15) is 0 Å². The van der Waals surface area contributed by atoms with E-state index in [1.165, 1.54) is 0 Å². The molecule has 0 atom stereocenters. The predicted octanol–water partition coefficient (Wildman–Crippen LogP) is 0.922. The highest BCUT2D eigenvalue weighted by atomic mass is 16.2. The van der Waals surface area contributed by atoms with Gasteiger partial charge in [-0.25, -0.2) is 0 Å². The molecule has 1 aromatic carbocycles. The van der Waals surface area contributed by atoms with Crippen molar-refractivity contribution < 1.29 is 5.11 Å². The zero-order valence-electron chi connectivity index (χ0n) is 8.16. The summed E-state index contributed by atoms with van der Waals surface area (Å²) in [6, 6.07) is 7.91. The number of benzene rings is 1. The van der Waals surface area contributed by atoms with Gasteiger partial charge in [-0.15, -0.1) is 0 Å². The van der Waals surface area contributed by atoms with Crippen molar-refractivity contribution >= 4 is 0 Å². The maximum atomic E-state index is 8.72. The molecular formula is C12H15NO. The predicted molar refractivity (Wildman–Crippen MR) is 57.8 cm³/mol. The molecule has 0 saturated carbocycles. The molecule has 0 bridgehead atoms. The third-order valence-corrected chi connectivity index (χ3v) is 1.86. The fourth-order valence-corrected chi connectivity index (χ4v) is 1.12. The van der Waals surface area contributed by atoms with E-state index in [1.807, 2.05) is 24.3 Å². The molecule has 0 aliphatic heterocycles. The Morgan fingerprint density at radius 2 is 1.93 bits per heavy atom. The van der Waals surface area contributed by atoms with E-state index in [4.69, 9.17) is 10.8 Å². The van der Waals surface area contributed by atoms with E-state index in [0.29, 0.717) is 13.0 Å². The van der Waals surface area contributed by atoms with Crippen LogP contribution in [0.1, 0.15) is 17.5 Å². The molecule has 0 saturated heterocycles. The quantitative estimate of drug-likeness (QED) is 0.695. The normalized spacial score (nSPS) is 9.29. The van der Waals surface area contributed by atoms with E-state index in [-0.39, 0.29) is 6.61 Å². The van der Waals surface area contributed by atoms with Crippen molar-refractivity contribution in [2.75, 3.05) is 13.2 Å². The first kappa shape index (κ1) is 10.8. The topological polar surface area (TPSA) is 46.2 Å². The van der Waals surface area contributed by atoms with Gasteiger partial charge in [0.2, 0.25) is 0 Å². The van der Waals surface area contributed by atoms with Gasteiger partial charge in [0.25, 0.3) is 0 Å². The largest absolute Gasteiger partial charge is 0.396 e. The number of aliphatic hydroxyl groups excluding tert-OH is 1. The van der Waals surface area contributed by atoms with Crippen LogP contribution in [0.15, 0.2) is 24.3 Å². The summed E-state index contributed by atoms with van der Waals surface area (Å²) < 4.78 is 0. The summed E-state index contributed by atoms with van der Waals surface area (Å²) in [5, 5.41) is 8.72. The van der Waals surface area contributed by atoms with Gasteiger partial charge in [0.15, 0.2) is 0 Å². The molecule has 0 radical (unpaired) electrons. The van der Waals surface area contributed by atoms with Gasteiger partial charge in [-0.3, -0.25) is 0 Å². The molecular weight excluding hydrogens is 174 g/mol. The van der Waals surface area contributed by atoms with Crippen LogP contribution in [0.5, 0.6) is 0 Å². The Hall–Kier alpha value is -1.30. The summed E-state index contributed by atoms with van der Waals surface area (Å²) in [7, 11) is 0. The zero-order valence-corrected chi connectivity index (χ0v) is 8.16. The highest BCUT2D eigenvalue weighted by Gasteiger charge is 1.90. The molecule has 0 heterocycles. The lowest BCUT2D eigenvalue weighted by atomic mass is 10.1. The lowest BCUT2D eigenvalue weighted by Crippen LogP contribution is -1.95. The first-order chi connectivity index (χ1) is 6.86. The van der Waals surface area contributed by atoms with Crippen molar-refractivity contribution in [3.05, 3.63) is 35.4 Å². The summed E-state index contributed by atoms with van der Waals surface area (Å²) in [5.74, 6) is 6.00. The Morgan fingerprint density at radius 3 is 2.50 bits per heavy atom. The van der Waals surface area contributed by atoms with Crippen molar-refractivity contribution in [1.29, 1.82) is 0 Å². The van der Waals surface area contributed by atoms with Crippen LogP contribution in [0.4, 0.5) is 0 Å². The van der Waals surface area contributed by atoms with Crippen molar-refractivity contribution in [3.63, 3.8) is 0 Å². The standard InChI is InChI=1S/C12H15NO/c13-9-2-1-3-11-4-6-12(7-5-11)8-10-14/h4-7,14H,2,8-10,13H2. The fourth-order valence-electron chi connectivity index (χ4n) is 1.12.